The molecule has 0 fully saturated rings. The number of benzene rings is 8. The maximum Gasteiger partial charge on any atom is 0.135 e. The Labute approximate surface area is 330 Å². The third-order valence-corrected chi connectivity index (χ3v) is 12.7. The van der Waals surface area contributed by atoms with Crippen LogP contribution in [0.1, 0.15) is 29.7 Å². The molecule has 0 N–H and O–H groups in total. The van der Waals surface area contributed by atoms with Gasteiger partial charge in [-0.3, -0.25) is 0 Å². The smallest absolute Gasteiger partial charge is 0.135 e. The lowest BCUT2D eigenvalue weighted by atomic mass is 9.77. The van der Waals surface area contributed by atoms with Crippen LogP contribution in [0.3, 0.4) is 0 Å². The second kappa shape index (κ2) is 13.3. The normalized spacial score (nSPS) is 15.2. The molecule has 56 heavy (non-hydrogen) atoms. The number of hydrogen-bond donors (Lipinski definition) is 0. The molecule has 0 saturated carbocycles. The molecule has 0 saturated heterocycles. The van der Waals surface area contributed by atoms with Gasteiger partial charge in [0.2, 0.25) is 0 Å². The number of furan rings is 1. The molecule has 0 bridgehead atoms. The molecule has 2 atom stereocenters. The molecule has 0 spiro atoms. The molecule has 2 unspecified atom stereocenters. The second-order valence-corrected chi connectivity index (χ2v) is 16.0. The zero-order valence-electron chi connectivity index (χ0n) is 30.9. The fourth-order valence-electron chi connectivity index (χ4n) is 8.97. The van der Waals surface area contributed by atoms with Crippen molar-refractivity contribution >= 4 is 76.4 Å². The standard InChI is InChI=1S/C53H37NOS/c1-34-24-31-49-53(46-19-5-8-22-48(46)55-49)52(34)36-25-27-39(28-26-36)54(40-29-30-45-44-18-6-9-23-50(44)56-51(45)33-40)47-21-7-4-17-43(47)38-15-10-14-37(32-38)42-20-11-13-35-12-2-3-16-41(35)42/h2-34,52H,1H3. The summed E-state index contributed by atoms with van der Waals surface area (Å²) in [5, 5.41) is 6.31. The average molecular weight is 736 g/mol. The van der Waals surface area contributed by atoms with E-state index in [9.17, 15) is 0 Å². The van der Waals surface area contributed by atoms with Crippen molar-refractivity contribution in [2.24, 2.45) is 5.92 Å². The Kier molecular flexibility index (Phi) is 7.75. The molecule has 2 heterocycles. The van der Waals surface area contributed by atoms with Crippen molar-refractivity contribution in [3.8, 4) is 22.3 Å². The summed E-state index contributed by atoms with van der Waals surface area (Å²) in [5.41, 5.74) is 11.7. The first-order chi connectivity index (χ1) is 27.7. The predicted octanol–water partition coefficient (Wildman–Crippen LogP) is 15.6. The topological polar surface area (TPSA) is 16.4 Å². The minimum Gasteiger partial charge on any atom is -0.456 e. The fraction of sp³-hybridized carbons (Fsp3) is 0.0566. The lowest BCUT2D eigenvalue weighted by molar-refractivity contribution is 0.560. The quantitative estimate of drug-likeness (QED) is 0.169. The van der Waals surface area contributed by atoms with E-state index in [-0.39, 0.29) is 5.92 Å². The number of fused-ring (bicyclic) bond motifs is 7. The van der Waals surface area contributed by atoms with Gasteiger partial charge in [-0.15, -0.1) is 11.3 Å². The first kappa shape index (κ1) is 32.7. The highest BCUT2D eigenvalue weighted by atomic mass is 32.1. The van der Waals surface area contributed by atoms with E-state index in [4.69, 9.17) is 4.42 Å². The van der Waals surface area contributed by atoms with Gasteiger partial charge in [-0.2, -0.15) is 0 Å². The van der Waals surface area contributed by atoms with Crippen LogP contribution in [0, 0.1) is 5.92 Å². The molecule has 11 rings (SSSR count). The van der Waals surface area contributed by atoms with E-state index in [2.05, 4.69) is 206 Å². The Morgan fingerprint density at radius 1 is 0.518 bits per heavy atom. The van der Waals surface area contributed by atoms with Crippen molar-refractivity contribution < 1.29 is 4.42 Å². The fourth-order valence-corrected chi connectivity index (χ4v) is 10.1. The van der Waals surface area contributed by atoms with Gasteiger partial charge in [0.05, 0.1) is 5.69 Å². The molecule has 2 aromatic heterocycles. The van der Waals surface area contributed by atoms with Gasteiger partial charge in [-0.1, -0.05) is 146 Å². The maximum atomic E-state index is 6.34. The summed E-state index contributed by atoms with van der Waals surface area (Å²) in [6.07, 6.45) is 4.45. The summed E-state index contributed by atoms with van der Waals surface area (Å²) >= 11 is 1.86. The van der Waals surface area contributed by atoms with Gasteiger partial charge in [-0.25, -0.2) is 0 Å². The van der Waals surface area contributed by atoms with Gasteiger partial charge in [0.15, 0.2) is 0 Å². The van der Waals surface area contributed by atoms with Crippen molar-refractivity contribution in [3.63, 3.8) is 0 Å². The lowest BCUT2D eigenvalue weighted by Gasteiger charge is -2.29. The molecular formula is C53H37NOS. The number of rotatable bonds is 6. The van der Waals surface area contributed by atoms with Crippen LogP contribution in [-0.4, -0.2) is 0 Å². The Morgan fingerprint density at radius 2 is 1.18 bits per heavy atom. The van der Waals surface area contributed by atoms with E-state index >= 15 is 0 Å². The third-order valence-electron chi connectivity index (χ3n) is 11.6. The van der Waals surface area contributed by atoms with E-state index in [0.717, 1.165) is 28.4 Å². The molecule has 0 amide bonds. The van der Waals surface area contributed by atoms with E-state index in [1.807, 2.05) is 11.3 Å². The number of para-hydroxylation sites is 2. The summed E-state index contributed by atoms with van der Waals surface area (Å²) in [6, 6.07) is 66.5. The Balaban J connectivity index is 1.06. The van der Waals surface area contributed by atoms with Gasteiger partial charge in [-0.05, 0) is 93.6 Å². The zero-order chi connectivity index (χ0) is 37.2. The summed E-state index contributed by atoms with van der Waals surface area (Å²) in [4.78, 5) is 2.44. The maximum absolute atomic E-state index is 6.34. The van der Waals surface area contributed by atoms with Crippen molar-refractivity contribution in [2.45, 2.75) is 12.8 Å². The van der Waals surface area contributed by atoms with E-state index in [1.165, 1.54) is 69.7 Å². The predicted molar refractivity (Wildman–Crippen MR) is 239 cm³/mol. The highest BCUT2D eigenvalue weighted by molar-refractivity contribution is 7.25. The van der Waals surface area contributed by atoms with Gasteiger partial charge >= 0.3 is 0 Å². The van der Waals surface area contributed by atoms with Crippen molar-refractivity contribution in [1.82, 2.24) is 0 Å². The second-order valence-electron chi connectivity index (χ2n) is 14.9. The molecule has 266 valence electrons. The molecule has 8 aromatic carbocycles. The summed E-state index contributed by atoms with van der Waals surface area (Å²) < 4.78 is 8.93. The van der Waals surface area contributed by atoms with Gasteiger partial charge in [0, 0.05) is 54.0 Å². The zero-order valence-corrected chi connectivity index (χ0v) is 31.7. The Bertz CT molecular complexity index is 3120. The van der Waals surface area contributed by atoms with E-state index < -0.39 is 0 Å². The highest BCUT2D eigenvalue weighted by Crippen LogP contribution is 2.47. The molecule has 0 radical (unpaired) electrons. The Morgan fingerprint density at radius 3 is 2.07 bits per heavy atom. The third kappa shape index (κ3) is 5.38. The summed E-state index contributed by atoms with van der Waals surface area (Å²) in [6.45, 7) is 2.31. The van der Waals surface area contributed by atoms with Crippen LogP contribution in [0.4, 0.5) is 17.1 Å². The van der Waals surface area contributed by atoms with Crippen LogP contribution in [0.15, 0.2) is 192 Å². The molecule has 2 nitrogen and oxygen atoms in total. The number of hydrogen-bond acceptors (Lipinski definition) is 3. The molecule has 1 aliphatic rings. The van der Waals surface area contributed by atoms with Crippen molar-refractivity contribution in [3.05, 3.63) is 205 Å². The van der Waals surface area contributed by atoms with Gasteiger partial charge < -0.3 is 9.32 Å². The first-order valence-electron chi connectivity index (χ1n) is 19.4. The molecule has 0 aliphatic heterocycles. The first-order valence-corrected chi connectivity index (χ1v) is 20.2. The molecule has 1 aliphatic carbocycles. The number of allylic oxidation sites excluding steroid dienone is 1. The van der Waals surface area contributed by atoms with Crippen LogP contribution >= 0.6 is 11.3 Å². The average Bonchev–Trinajstić information content (AvgIpc) is 3.82. The van der Waals surface area contributed by atoms with Crippen LogP contribution in [0.2, 0.25) is 0 Å². The lowest BCUT2D eigenvalue weighted by Crippen LogP contribution is -2.14. The minimum atomic E-state index is 0.195. The SMILES string of the molecule is CC1C=Cc2oc3ccccc3c2C1c1ccc(N(c2ccc3c(c2)sc2ccccc23)c2ccccc2-c2cccc(-c3cccc4ccccc34)c2)cc1. The van der Waals surface area contributed by atoms with E-state index in [1.54, 1.807) is 0 Å². The van der Waals surface area contributed by atoms with Crippen LogP contribution in [0.25, 0.3) is 70.2 Å². The molecular weight excluding hydrogens is 699 g/mol. The number of thiophene rings is 1. The van der Waals surface area contributed by atoms with Crippen LogP contribution < -0.4 is 4.90 Å². The van der Waals surface area contributed by atoms with Gasteiger partial charge in [0.25, 0.3) is 0 Å². The van der Waals surface area contributed by atoms with Crippen LogP contribution in [0.5, 0.6) is 0 Å². The number of nitrogens with zero attached hydrogens (tertiary/aromatic N) is 1. The summed E-state index contributed by atoms with van der Waals surface area (Å²) in [7, 11) is 0. The molecule has 3 heteroatoms. The summed E-state index contributed by atoms with van der Waals surface area (Å²) in [5.74, 6) is 1.49. The van der Waals surface area contributed by atoms with Crippen LogP contribution in [-0.2, 0) is 0 Å². The van der Waals surface area contributed by atoms with Gasteiger partial charge in [0.1, 0.15) is 11.3 Å². The monoisotopic (exact) mass is 735 g/mol. The molecule has 10 aromatic rings. The van der Waals surface area contributed by atoms with E-state index in [0.29, 0.717) is 5.92 Å². The van der Waals surface area contributed by atoms with Crippen molar-refractivity contribution in [2.75, 3.05) is 4.90 Å². The van der Waals surface area contributed by atoms with Crippen molar-refractivity contribution in [1.29, 1.82) is 0 Å². The number of anilines is 3. The highest BCUT2D eigenvalue weighted by Gasteiger charge is 2.30. The Hall–Kier alpha value is -6.68. The minimum absolute atomic E-state index is 0.195. The largest absolute Gasteiger partial charge is 0.456 e.